The van der Waals surface area contributed by atoms with Gasteiger partial charge in [-0.3, -0.25) is 9.38 Å². The van der Waals surface area contributed by atoms with Crippen LogP contribution in [0.15, 0.2) is 29.3 Å². The smallest absolute Gasteiger partial charge is 0.230 e. The molecule has 142 valence electrons. The van der Waals surface area contributed by atoms with Gasteiger partial charge in [0.1, 0.15) is 5.69 Å². The van der Waals surface area contributed by atoms with Crippen molar-refractivity contribution in [3.63, 3.8) is 0 Å². The predicted octanol–water partition coefficient (Wildman–Crippen LogP) is 2.76. The quantitative estimate of drug-likeness (QED) is 0.542. The molecule has 0 aliphatic heterocycles. The number of imidazole rings is 1. The summed E-state index contributed by atoms with van der Waals surface area (Å²) in [5, 5.41) is 13.1. The summed E-state index contributed by atoms with van der Waals surface area (Å²) in [6, 6.07) is 0.500. The summed E-state index contributed by atoms with van der Waals surface area (Å²) in [5.41, 5.74) is 3.96. The minimum Gasteiger partial charge on any atom is -0.339 e. The van der Waals surface area contributed by atoms with Gasteiger partial charge in [-0.15, -0.1) is 5.10 Å². The van der Waals surface area contributed by atoms with Gasteiger partial charge in [-0.05, 0) is 25.7 Å². The summed E-state index contributed by atoms with van der Waals surface area (Å²) >= 11 is 0. The van der Waals surface area contributed by atoms with Crippen LogP contribution in [-0.4, -0.2) is 39.5 Å². The van der Waals surface area contributed by atoms with Gasteiger partial charge in [0.25, 0.3) is 0 Å². The third-order valence-corrected chi connectivity index (χ3v) is 6.05. The van der Waals surface area contributed by atoms with Crippen LogP contribution in [0.3, 0.4) is 0 Å². The minimum atomic E-state index is 0.202. The lowest BCUT2D eigenvalue weighted by Crippen LogP contribution is -2.18. The minimum absolute atomic E-state index is 0.202. The Kier molecular flexibility index (Phi) is 3.53. The number of aromatic nitrogens is 8. The lowest BCUT2D eigenvalue weighted by Gasteiger charge is -2.21. The highest BCUT2D eigenvalue weighted by Gasteiger charge is 2.31. The molecule has 0 aromatic carbocycles. The standard InChI is InChI=1S/C19H20N8O/c1-2-4-13(3-1)27-15-9-12(5-6-14(15)23-25-27)19-22-18(24-28-19)16-10-21-17-11-20-7-8-26(16)17/h7-8,10-13H,1-6,9H2. The second-order valence-electron chi connectivity index (χ2n) is 7.71. The summed E-state index contributed by atoms with van der Waals surface area (Å²) in [6.07, 6.45) is 14.7. The Hall–Kier alpha value is -3.10. The normalized spacial score (nSPS) is 20.1. The van der Waals surface area contributed by atoms with E-state index in [4.69, 9.17) is 9.51 Å². The van der Waals surface area contributed by atoms with Crippen LogP contribution >= 0.6 is 0 Å². The van der Waals surface area contributed by atoms with Gasteiger partial charge in [-0.2, -0.15) is 4.98 Å². The fourth-order valence-corrected chi connectivity index (χ4v) is 4.56. The summed E-state index contributed by atoms with van der Waals surface area (Å²) in [4.78, 5) is 13.2. The van der Waals surface area contributed by atoms with Crippen LogP contribution < -0.4 is 0 Å². The highest BCUT2D eigenvalue weighted by Crippen LogP contribution is 2.36. The van der Waals surface area contributed by atoms with Crippen molar-refractivity contribution < 1.29 is 4.52 Å². The topological polar surface area (TPSA) is 99.8 Å². The lowest BCUT2D eigenvalue weighted by molar-refractivity contribution is 0.334. The van der Waals surface area contributed by atoms with E-state index in [2.05, 4.69) is 30.1 Å². The van der Waals surface area contributed by atoms with Gasteiger partial charge >= 0.3 is 0 Å². The van der Waals surface area contributed by atoms with Gasteiger partial charge in [-0.25, -0.2) is 9.67 Å². The van der Waals surface area contributed by atoms with E-state index in [0.29, 0.717) is 17.8 Å². The van der Waals surface area contributed by atoms with Crippen LogP contribution in [0.25, 0.3) is 17.2 Å². The number of aryl methyl sites for hydroxylation is 1. The zero-order chi connectivity index (χ0) is 18.5. The summed E-state index contributed by atoms with van der Waals surface area (Å²) in [7, 11) is 0. The Morgan fingerprint density at radius 1 is 1.11 bits per heavy atom. The molecule has 1 saturated carbocycles. The first kappa shape index (κ1) is 15.9. The van der Waals surface area contributed by atoms with Crippen LogP contribution in [0.5, 0.6) is 0 Å². The van der Waals surface area contributed by atoms with Crippen molar-refractivity contribution in [1.82, 2.24) is 39.5 Å². The molecule has 0 spiro atoms. The fourth-order valence-electron chi connectivity index (χ4n) is 4.56. The van der Waals surface area contributed by atoms with Crippen molar-refractivity contribution in [1.29, 1.82) is 0 Å². The van der Waals surface area contributed by atoms with E-state index in [1.54, 1.807) is 18.6 Å². The first-order valence-electron chi connectivity index (χ1n) is 9.91. The van der Waals surface area contributed by atoms with Gasteiger partial charge in [0, 0.05) is 24.7 Å². The number of nitrogens with zero attached hydrogens (tertiary/aromatic N) is 8. The van der Waals surface area contributed by atoms with E-state index < -0.39 is 0 Å². The van der Waals surface area contributed by atoms with E-state index in [1.807, 2.05) is 10.6 Å². The van der Waals surface area contributed by atoms with Crippen molar-refractivity contribution in [3.05, 3.63) is 42.1 Å². The fraction of sp³-hybridized carbons (Fsp3) is 0.474. The SMILES string of the molecule is c1cn2c(-c3noc(C4CCc5nnn(C6CCCC6)c5C4)n3)cnc2cn1. The molecule has 0 bridgehead atoms. The van der Waals surface area contributed by atoms with E-state index in [9.17, 15) is 0 Å². The maximum atomic E-state index is 5.67. The summed E-state index contributed by atoms with van der Waals surface area (Å²) in [5.74, 6) is 1.44. The Balaban J connectivity index is 1.30. The molecule has 1 unspecified atom stereocenters. The third-order valence-electron chi connectivity index (χ3n) is 6.05. The zero-order valence-electron chi connectivity index (χ0n) is 15.4. The van der Waals surface area contributed by atoms with Crippen LogP contribution in [-0.2, 0) is 12.8 Å². The maximum Gasteiger partial charge on any atom is 0.230 e. The van der Waals surface area contributed by atoms with Crippen molar-refractivity contribution in [2.75, 3.05) is 0 Å². The molecule has 6 rings (SSSR count). The molecule has 28 heavy (non-hydrogen) atoms. The molecule has 0 saturated heterocycles. The van der Waals surface area contributed by atoms with E-state index in [1.165, 1.54) is 31.4 Å². The molecule has 0 radical (unpaired) electrons. The monoisotopic (exact) mass is 376 g/mol. The largest absolute Gasteiger partial charge is 0.339 e. The van der Waals surface area contributed by atoms with Gasteiger partial charge < -0.3 is 4.52 Å². The molecular formula is C19H20N8O. The Morgan fingerprint density at radius 3 is 2.96 bits per heavy atom. The molecular weight excluding hydrogens is 356 g/mol. The van der Waals surface area contributed by atoms with Crippen LogP contribution in [0.4, 0.5) is 0 Å². The average Bonchev–Trinajstić information content (AvgIpc) is 3.52. The van der Waals surface area contributed by atoms with E-state index in [0.717, 1.165) is 36.3 Å². The first-order valence-corrected chi connectivity index (χ1v) is 9.91. The highest BCUT2D eigenvalue weighted by atomic mass is 16.5. The van der Waals surface area contributed by atoms with E-state index >= 15 is 0 Å². The highest BCUT2D eigenvalue weighted by molar-refractivity contribution is 5.55. The molecule has 9 heteroatoms. The van der Waals surface area contributed by atoms with Gasteiger partial charge in [0.05, 0.1) is 29.8 Å². The Morgan fingerprint density at radius 2 is 2.04 bits per heavy atom. The molecule has 0 N–H and O–H groups in total. The van der Waals surface area contributed by atoms with Crippen molar-refractivity contribution in [3.8, 4) is 11.5 Å². The second kappa shape index (κ2) is 6.22. The number of hydrogen-bond acceptors (Lipinski definition) is 7. The summed E-state index contributed by atoms with van der Waals surface area (Å²) < 4.78 is 9.75. The zero-order valence-corrected chi connectivity index (χ0v) is 15.4. The molecule has 9 nitrogen and oxygen atoms in total. The van der Waals surface area contributed by atoms with Gasteiger partial charge in [-0.1, -0.05) is 23.2 Å². The molecule has 0 amide bonds. The van der Waals surface area contributed by atoms with Crippen LogP contribution in [0.2, 0.25) is 0 Å². The third kappa shape index (κ3) is 2.45. The van der Waals surface area contributed by atoms with Crippen LogP contribution in [0, 0.1) is 0 Å². The van der Waals surface area contributed by atoms with Crippen molar-refractivity contribution in [2.24, 2.45) is 0 Å². The lowest BCUT2D eigenvalue weighted by atomic mass is 9.89. The average molecular weight is 376 g/mol. The predicted molar refractivity (Wildman–Crippen MR) is 98.6 cm³/mol. The van der Waals surface area contributed by atoms with Crippen molar-refractivity contribution >= 4 is 5.65 Å². The number of rotatable bonds is 3. The molecule has 4 aromatic rings. The molecule has 1 fully saturated rings. The van der Waals surface area contributed by atoms with Crippen molar-refractivity contribution in [2.45, 2.75) is 56.9 Å². The van der Waals surface area contributed by atoms with Crippen LogP contribution in [0.1, 0.15) is 61.3 Å². The molecule has 2 aliphatic carbocycles. The first-order chi connectivity index (χ1) is 13.9. The molecule has 1 atom stereocenters. The Labute approximate surface area is 160 Å². The number of hydrogen-bond donors (Lipinski definition) is 0. The molecule has 4 aromatic heterocycles. The van der Waals surface area contributed by atoms with Gasteiger partial charge in [0.2, 0.25) is 11.7 Å². The maximum absolute atomic E-state index is 5.67. The molecule has 4 heterocycles. The summed E-state index contributed by atoms with van der Waals surface area (Å²) in [6.45, 7) is 0. The van der Waals surface area contributed by atoms with Gasteiger partial charge in [0.15, 0.2) is 5.65 Å². The van der Waals surface area contributed by atoms with E-state index in [-0.39, 0.29) is 5.92 Å². The number of fused-ring (bicyclic) bond motifs is 2. The molecule has 2 aliphatic rings. The Bertz CT molecular complexity index is 1140. The second-order valence-corrected chi connectivity index (χ2v) is 7.71.